The Labute approximate surface area is 139 Å². The second-order valence-electron chi connectivity index (χ2n) is 6.15. The number of benzene rings is 1. The van der Waals surface area contributed by atoms with Crippen LogP contribution in [0.1, 0.15) is 25.7 Å². The van der Waals surface area contributed by atoms with Gasteiger partial charge in [0.05, 0.1) is 23.2 Å². The molecule has 7 nitrogen and oxygen atoms in total. The Morgan fingerprint density at radius 3 is 2.79 bits per heavy atom. The molecule has 1 aromatic carbocycles. The zero-order chi connectivity index (χ0) is 16.5. The fourth-order valence-electron chi connectivity index (χ4n) is 3.16. The van der Waals surface area contributed by atoms with Crippen LogP contribution in [-0.2, 0) is 0 Å². The summed E-state index contributed by atoms with van der Waals surface area (Å²) in [6.07, 6.45) is 6.57. The summed E-state index contributed by atoms with van der Waals surface area (Å²) in [6, 6.07) is 7.37. The third kappa shape index (κ3) is 2.78. The highest BCUT2D eigenvalue weighted by Crippen LogP contribution is 2.26. The number of nitrogens with zero attached hydrogens (tertiary/aromatic N) is 4. The van der Waals surface area contributed by atoms with Crippen LogP contribution in [0, 0.1) is 0 Å². The predicted octanol–water partition coefficient (Wildman–Crippen LogP) is 2.24. The van der Waals surface area contributed by atoms with Gasteiger partial charge in [-0.2, -0.15) is 10.1 Å². The first-order valence-electron chi connectivity index (χ1n) is 8.14. The molecule has 2 aromatic heterocycles. The zero-order valence-electron chi connectivity index (χ0n) is 13.1. The Morgan fingerprint density at radius 1 is 1.12 bits per heavy atom. The van der Waals surface area contributed by atoms with Crippen molar-refractivity contribution in [2.75, 3.05) is 5.32 Å². The van der Waals surface area contributed by atoms with Crippen LogP contribution in [0.25, 0.3) is 16.7 Å². The topological polar surface area (TPSA) is 96.1 Å². The lowest BCUT2D eigenvalue weighted by atomic mass is 9.93. The molecule has 3 N–H and O–H groups in total. The summed E-state index contributed by atoms with van der Waals surface area (Å²) in [5, 5.41) is 27.9. The quantitative estimate of drug-likeness (QED) is 0.683. The molecule has 124 valence electrons. The molecule has 24 heavy (non-hydrogen) atoms. The van der Waals surface area contributed by atoms with Crippen LogP contribution in [0.4, 0.5) is 5.95 Å². The number of aromatic nitrogens is 4. The lowest BCUT2D eigenvalue weighted by Crippen LogP contribution is -2.29. The van der Waals surface area contributed by atoms with E-state index in [1.807, 2.05) is 6.07 Å². The number of fused-ring (bicyclic) bond motifs is 1. The van der Waals surface area contributed by atoms with Gasteiger partial charge in [0.1, 0.15) is 5.75 Å². The molecule has 0 radical (unpaired) electrons. The third-order valence-electron chi connectivity index (χ3n) is 4.48. The van der Waals surface area contributed by atoms with Crippen LogP contribution >= 0.6 is 0 Å². The van der Waals surface area contributed by atoms with Crippen molar-refractivity contribution < 1.29 is 10.2 Å². The Bertz CT molecular complexity index is 855. The van der Waals surface area contributed by atoms with Gasteiger partial charge >= 0.3 is 0 Å². The van der Waals surface area contributed by atoms with E-state index in [0.29, 0.717) is 17.2 Å². The van der Waals surface area contributed by atoms with Crippen molar-refractivity contribution in [3.05, 3.63) is 36.7 Å². The van der Waals surface area contributed by atoms with Crippen LogP contribution in [0.2, 0.25) is 0 Å². The minimum Gasteiger partial charge on any atom is -0.507 e. The van der Waals surface area contributed by atoms with Crippen molar-refractivity contribution in [2.45, 2.75) is 37.8 Å². The Balaban J connectivity index is 1.61. The highest BCUT2D eigenvalue weighted by molar-refractivity contribution is 5.85. The lowest BCUT2D eigenvalue weighted by Gasteiger charge is -2.26. The lowest BCUT2D eigenvalue weighted by molar-refractivity contribution is 0.126. The van der Waals surface area contributed by atoms with Crippen molar-refractivity contribution in [3.8, 4) is 11.6 Å². The first-order valence-corrected chi connectivity index (χ1v) is 8.14. The molecule has 0 bridgehead atoms. The van der Waals surface area contributed by atoms with Crippen LogP contribution in [0.3, 0.4) is 0 Å². The maximum Gasteiger partial charge on any atom is 0.224 e. The van der Waals surface area contributed by atoms with E-state index in [0.717, 1.165) is 31.2 Å². The molecule has 0 aliphatic heterocycles. The van der Waals surface area contributed by atoms with E-state index < -0.39 is 0 Å². The van der Waals surface area contributed by atoms with Crippen LogP contribution in [0.5, 0.6) is 5.75 Å². The second-order valence-corrected chi connectivity index (χ2v) is 6.15. The maximum atomic E-state index is 9.90. The number of nitrogens with one attached hydrogen (secondary N) is 1. The van der Waals surface area contributed by atoms with Crippen molar-refractivity contribution in [1.29, 1.82) is 0 Å². The molecule has 7 heteroatoms. The molecule has 0 atom stereocenters. The largest absolute Gasteiger partial charge is 0.507 e. The summed E-state index contributed by atoms with van der Waals surface area (Å²) in [7, 11) is 0. The fourth-order valence-corrected chi connectivity index (χ4v) is 3.16. The van der Waals surface area contributed by atoms with E-state index in [4.69, 9.17) is 0 Å². The number of hydrogen-bond donors (Lipinski definition) is 3. The van der Waals surface area contributed by atoms with E-state index in [9.17, 15) is 10.2 Å². The molecule has 4 rings (SSSR count). The smallest absolute Gasteiger partial charge is 0.224 e. The average Bonchev–Trinajstić information content (AvgIpc) is 3.03. The number of anilines is 1. The summed E-state index contributed by atoms with van der Waals surface area (Å²) in [4.78, 5) is 8.83. The molecular weight excluding hydrogens is 306 g/mol. The van der Waals surface area contributed by atoms with E-state index in [1.165, 1.54) is 0 Å². The Kier molecular flexibility index (Phi) is 3.78. The van der Waals surface area contributed by atoms with Crippen molar-refractivity contribution >= 4 is 16.9 Å². The van der Waals surface area contributed by atoms with Crippen LogP contribution in [0.15, 0.2) is 36.7 Å². The van der Waals surface area contributed by atoms with Crippen molar-refractivity contribution in [3.63, 3.8) is 0 Å². The third-order valence-corrected chi connectivity index (χ3v) is 4.48. The van der Waals surface area contributed by atoms with Gasteiger partial charge in [-0.3, -0.25) is 0 Å². The van der Waals surface area contributed by atoms with E-state index in [2.05, 4.69) is 20.4 Å². The van der Waals surface area contributed by atoms with Gasteiger partial charge in [0, 0.05) is 18.3 Å². The van der Waals surface area contributed by atoms with Crippen LogP contribution < -0.4 is 5.32 Å². The number of hydrogen-bond acceptors (Lipinski definition) is 6. The summed E-state index contributed by atoms with van der Waals surface area (Å²) >= 11 is 0. The summed E-state index contributed by atoms with van der Waals surface area (Å²) < 4.78 is 1.69. The fraction of sp³-hybridized carbons (Fsp3) is 0.353. The van der Waals surface area contributed by atoms with Gasteiger partial charge < -0.3 is 15.5 Å². The molecule has 2 heterocycles. The number of rotatable bonds is 3. The second kappa shape index (κ2) is 6.09. The summed E-state index contributed by atoms with van der Waals surface area (Å²) in [5.41, 5.74) is 0.792. The molecule has 0 saturated heterocycles. The number of phenols is 1. The monoisotopic (exact) mass is 325 g/mol. The number of phenolic OH excluding ortho intramolecular Hbond substituents is 1. The van der Waals surface area contributed by atoms with Gasteiger partial charge in [-0.15, -0.1) is 0 Å². The number of aliphatic hydroxyl groups excluding tert-OH is 1. The van der Waals surface area contributed by atoms with Gasteiger partial charge in [-0.05, 0) is 37.8 Å². The maximum absolute atomic E-state index is 9.90. The standard InChI is InChI=1S/C17H19N5O2/c23-12-6-4-11(5-7-12)20-17-18-9-8-16(21-17)22-14-2-1-3-15(24)13(14)10-19-22/h1-3,8-12,23-24H,4-7H2,(H,18,20,21)/t11-,12-. The van der Waals surface area contributed by atoms with Crippen molar-refractivity contribution in [1.82, 2.24) is 19.7 Å². The molecule has 3 aromatic rings. The van der Waals surface area contributed by atoms with Crippen LogP contribution in [-0.4, -0.2) is 42.1 Å². The highest BCUT2D eigenvalue weighted by Gasteiger charge is 2.20. The predicted molar refractivity (Wildman–Crippen MR) is 90.2 cm³/mol. The molecule has 0 unspecified atom stereocenters. The normalized spacial score (nSPS) is 21.0. The van der Waals surface area contributed by atoms with Gasteiger partial charge in [0.2, 0.25) is 5.95 Å². The van der Waals surface area contributed by atoms with Gasteiger partial charge in [-0.25, -0.2) is 9.67 Å². The average molecular weight is 325 g/mol. The molecule has 0 spiro atoms. The molecule has 0 amide bonds. The Morgan fingerprint density at radius 2 is 1.96 bits per heavy atom. The first-order chi connectivity index (χ1) is 11.7. The first kappa shape index (κ1) is 14.9. The molecular formula is C17H19N5O2. The molecule has 1 aliphatic rings. The zero-order valence-corrected chi connectivity index (χ0v) is 13.1. The summed E-state index contributed by atoms with van der Waals surface area (Å²) in [5.74, 6) is 1.40. The van der Waals surface area contributed by atoms with E-state index in [-0.39, 0.29) is 17.9 Å². The van der Waals surface area contributed by atoms with Gasteiger partial charge in [0.15, 0.2) is 5.82 Å². The number of aliphatic hydroxyl groups is 1. The van der Waals surface area contributed by atoms with E-state index >= 15 is 0 Å². The summed E-state index contributed by atoms with van der Waals surface area (Å²) in [6.45, 7) is 0. The molecule has 1 saturated carbocycles. The molecule has 1 fully saturated rings. The minimum absolute atomic E-state index is 0.182. The van der Waals surface area contributed by atoms with Gasteiger partial charge in [-0.1, -0.05) is 6.07 Å². The highest BCUT2D eigenvalue weighted by atomic mass is 16.3. The Hall–Kier alpha value is -2.67. The molecule has 1 aliphatic carbocycles. The number of aromatic hydroxyl groups is 1. The SMILES string of the molecule is Oc1cccc2c1cnn2-c1ccnc(N[C@H]2CC[C@H](O)CC2)n1. The van der Waals surface area contributed by atoms with Gasteiger partial charge in [0.25, 0.3) is 0 Å². The minimum atomic E-state index is -0.182. The van der Waals surface area contributed by atoms with E-state index in [1.54, 1.807) is 35.3 Å². The van der Waals surface area contributed by atoms with Crippen molar-refractivity contribution in [2.24, 2.45) is 0 Å².